The molecule has 1 aromatic heterocycles. The Morgan fingerprint density at radius 3 is 2.62 bits per heavy atom. The van der Waals surface area contributed by atoms with E-state index in [0.29, 0.717) is 5.69 Å². The van der Waals surface area contributed by atoms with Gasteiger partial charge in [-0.1, -0.05) is 24.2 Å². The lowest BCUT2D eigenvalue weighted by atomic mass is 10.2. The second kappa shape index (κ2) is 9.65. The Morgan fingerprint density at radius 1 is 1.14 bits per heavy atom. The Bertz CT molecular complexity index is 944. The number of carbonyl (C=O) groups is 1. The van der Waals surface area contributed by atoms with Gasteiger partial charge in [-0.2, -0.15) is 0 Å². The van der Waals surface area contributed by atoms with Gasteiger partial charge < -0.3 is 25.3 Å². The van der Waals surface area contributed by atoms with Crippen molar-refractivity contribution < 1.29 is 13.6 Å². The first-order valence-electron chi connectivity index (χ1n) is 9.25. The first-order chi connectivity index (χ1) is 14.1. The molecule has 0 spiro atoms. The summed E-state index contributed by atoms with van der Waals surface area (Å²) in [5.74, 6) is -1.24. The second-order valence-corrected chi connectivity index (χ2v) is 6.29. The molecule has 2 aromatic carbocycles. The average Bonchev–Trinajstić information content (AvgIpc) is 3.19. The molecule has 1 heterocycles. The van der Waals surface area contributed by atoms with Crippen LogP contribution in [-0.2, 0) is 0 Å². The molecule has 152 valence electrons. The number of benzene rings is 2. The summed E-state index contributed by atoms with van der Waals surface area (Å²) in [6, 6.07) is 13.4. The summed E-state index contributed by atoms with van der Waals surface area (Å²) in [6.07, 6.45) is 0. The van der Waals surface area contributed by atoms with Crippen LogP contribution in [0.4, 0.5) is 27.5 Å². The number of halogens is 1. The molecule has 0 saturated carbocycles. The lowest BCUT2D eigenvalue weighted by Gasteiger charge is -2.19. The third-order valence-electron chi connectivity index (χ3n) is 4.17. The molecule has 0 bridgehead atoms. The standard InChI is InChI=1S/C20H23FN6O2/c1-3-22-12-13-27(2)15-10-8-14(9-11-15)23-18(28)19-25-26-20(29-19)24-17-7-5-4-6-16(17)21/h4-11,22H,3,12-13H2,1-2H3,(H,23,28)(H,24,26). The van der Waals surface area contributed by atoms with Gasteiger partial charge in [0, 0.05) is 31.5 Å². The predicted molar refractivity (Wildman–Crippen MR) is 110 cm³/mol. The fourth-order valence-corrected chi connectivity index (χ4v) is 2.58. The van der Waals surface area contributed by atoms with Crippen LogP contribution in [0.2, 0.25) is 0 Å². The van der Waals surface area contributed by atoms with Crippen molar-refractivity contribution in [1.82, 2.24) is 15.5 Å². The number of carbonyl (C=O) groups excluding carboxylic acids is 1. The molecule has 1 amide bonds. The van der Waals surface area contributed by atoms with E-state index in [2.05, 4.69) is 38.0 Å². The lowest BCUT2D eigenvalue weighted by molar-refractivity contribution is 0.0991. The number of para-hydroxylation sites is 1. The molecule has 0 aliphatic rings. The number of anilines is 4. The van der Waals surface area contributed by atoms with Crippen LogP contribution in [0.3, 0.4) is 0 Å². The first kappa shape index (κ1) is 20.3. The molecule has 0 aliphatic heterocycles. The third kappa shape index (κ3) is 5.52. The van der Waals surface area contributed by atoms with Crippen LogP contribution in [0.15, 0.2) is 52.9 Å². The SMILES string of the molecule is CCNCCN(C)c1ccc(NC(=O)c2nnc(Nc3ccccc3F)o2)cc1. The zero-order valence-electron chi connectivity index (χ0n) is 16.3. The smallest absolute Gasteiger partial charge is 0.320 e. The first-order valence-corrected chi connectivity index (χ1v) is 9.25. The number of rotatable bonds is 9. The Balaban J connectivity index is 1.58. The van der Waals surface area contributed by atoms with Gasteiger partial charge in [-0.05, 0) is 42.9 Å². The summed E-state index contributed by atoms with van der Waals surface area (Å²) in [6.45, 7) is 4.77. The molecule has 0 atom stereocenters. The van der Waals surface area contributed by atoms with E-state index in [1.807, 2.05) is 19.2 Å². The molecule has 9 heteroatoms. The van der Waals surface area contributed by atoms with Crippen molar-refractivity contribution in [2.75, 3.05) is 42.2 Å². The van der Waals surface area contributed by atoms with Gasteiger partial charge in [0.25, 0.3) is 0 Å². The molecule has 29 heavy (non-hydrogen) atoms. The van der Waals surface area contributed by atoms with Gasteiger partial charge in [0.15, 0.2) is 0 Å². The Kier molecular flexibility index (Phi) is 6.75. The van der Waals surface area contributed by atoms with E-state index in [1.54, 1.807) is 24.3 Å². The van der Waals surface area contributed by atoms with Crippen molar-refractivity contribution in [3.8, 4) is 0 Å². The Labute approximate surface area is 168 Å². The highest BCUT2D eigenvalue weighted by atomic mass is 19.1. The normalized spacial score (nSPS) is 10.6. The van der Waals surface area contributed by atoms with Crippen LogP contribution in [0.1, 0.15) is 17.6 Å². The lowest BCUT2D eigenvalue weighted by Crippen LogP contribution is -2.28. The van der Waals surface area contributed by atoms with Crippen LogP contribution in [0.5, 0.6) is 0 Å². The highest BCUT2D eigenvalue weighted by Gasteiger charge is 2.16. The number of likely N-dealkylation sites (N-methyl/N-ethyl adjacent to an activating group) is 2. The number of nitrogens with one attached hydrogen (secondary N) is 3. The molecule has 3 N–H and O–H groups in total. The van der Waals surface area contributed by atoms with E-state index in [0.717, 1.165) is 25.3 Å². The van der Waals surface area contributed by atoms with E-state index in [9.17, 15) is 9.18 Å². The van der Waals surface area contributed by atoms with Crippen molar-refractivity contribution in [2.24, 2.45) is 0 Å². The highest BCUT2D eigenvalue weighted by Crippen LogP contribution is 2.20. The van der Waals surface area contributed by atoms with E-state index in [-0.39, 0.29) is 17.6 Å². The summed E-state index contributed by atoms with van der Waals surface area (Å²) in [4.78, 5) is 14.4. The van der Waals surface area contributed by atoms with Crippen molar-refractivity contribution in [2.45, 2.75) is 6.92 Å². The number of aromatic nitrogens is 2. The maximum atomic E-state index is 13.7. The van der Waals surface area contributed by atoms with E-state index < -0.39 is 11.7 Å². The van der Waals surface area contributed by atoms with E-state index >= 15 is 0 Å². The maximum Gasteiger partial charge on any atom is 0.320 e. The Hall–Kier alpha value is -3.46. The van der Waals surface area contributed by atoms with Gasteiger partial charge in [0.2, 0.25) is 0 Å². The molecule has 0 aliphatic carbocycles. The average molecular weight is 398 g/mol. The topological polar surface area (TPSA) is 95.3 Å². The zero-order chi connectivity index (χ0) is 20.6. The molecule has 0 unspecified atom stereocenters. The summed E-state index contributed by atoms with van der Waals surface area (Å²) in [5, 5.41) is 16.0. The molecule has 0 saturated heterocycles. The van der Waals surface area contributed by atoms with Crippen molar-refractivity contribution in [3.05, 3.63) is 60.2 Å². The number of nitrogens with zero attached hydrogens (tertiary/aromatic N) is 3. The van der Waals surface area contributed by atoms with Crippen molar-refractivity contribution >= 4 is 29.0 Å². The van der Waals surface area contributed by atoms with Crippen LogP contribution in [-0.4, -0.2) is 42.8 Å². The molecule has 0 radical (unpaired) electrons. The van der Waals surface area contributed by atoms with Crippen molar-refractivity contribution in [3.63, 3.8) is 0 Å². The molecular formula is C20H23FN6O2. The quantitative estimate of drug-likeness (QED) is 0.476. The summed E-state index contributed by atoms with van der Waals surface area (Å²) in [5.41, 5.74) is 1.81. The van der Waals surface area contributed by atoms with Gasteiger partial charge >= 0.3 is 17.8 Å². The van der Waals surface area contributed by atoms with Gasteiger partial charge in [-0.25, -0.2) is 4.39 Å². The van der Waals surface area contributed by atoms with E-state index in [1.165, 1.54) is 12.1 Å². The van der Waals surface area contributed by atoms with Gasteiger partial charge in [-0.15, -0.1) is 5.10 Å². The summed E-state index contributed by atoms with van der Waals surface area (Å²) < 4.78 is 18.9. The number of hydrogen-bond acceptors (Lipinski definition) is 7. The molecule has 3 aromatic rings. The fraction of sp³-hybridized carbons (Fsp3) is 0.250. The predicted octanol–water partition coefficient (Wildman–Crippen LogP) is 3.25. The van der Waals surface area contributed by atoms with Gasteiger partial charge in [-0.3, -0.25) is 4.79 Å². The minimum absolute atomic E-state index is 0.0714. The van der Waals surface area contributed by atoms with E-state index in [4.69, 9.17) is 4.42 Å². The van der Waals surface area contributed by atoms with Crippen LogP contribution in [0, 0.1) is 5.82 Å². The molecule has 3 rings (SSSR count). The summed E-state index contributed by atoms with van der Waals surface area (Å²) >= 11 is 0. The van der Waals surface area contributed by atoms with Gasteiger partial charge in [0.1, 0.15) is 5.82 Å². The van der Waals surface area contributed by atoms with Crippen LogP contribution < -0.4 is 20.9 Å². The zero-order valence-corrected chi connectivity index (χ0v) is 16.3. The minimum atomic E-state index is -0.549. The maximum absolute atomic E-state index is 13.7. The highest BCUT2D eigenvalue weighted by molar-refractivity contribution is 6.01. The number of amides is 1. The third-order valence-corrected chi connectivity index (χ3v) is 4.17. The van der Waals surface area contributed by atoms with Crippen molar-refractivity contribution in [1.29, 1.82) is 0 Å². The molecule has 0 fully saturated rings. The monoisotopic (exact) mass is 398 g/mol. The number of hydrogen-bond donors (Lipinski definition) is 3. The van der Waals surface area contributed by atoms with Gasteiger partial charge in [0.05, 0.1) is 5.69 Å². The van der Waals surface area contributed by atoms with Crippen LogP contribution in [0.25, 0.3) is 0 Å². The largest absolute Gasteiger partial charge is 0.399 e. The summed E-state index contributed by atoms with van der Waals surface area (Å²) in [7, 11) is 2.01. The second-order valence-electron chi connectivity index (χ2n) is 6.29. The molecule has 8 nitrogen and oxygen atoms in total. The Morgan fingerprint density at radius 2 is 1.90 bits per heavy atom. The fourth-order valence-electron chi connectivity index (χ4n) is 2.58. The van der Waals surface area contributed by atoms with Crippen LogP contribution >= 0.6 is 0 Å². The molecular weight excluding hydrogens is 375 g/mol. The minimum Gasteiger partial charge on any atom is -0.399 e.